The zero-order chi connectivity index (χ0) is 44.3. The summed E-state index contributed by atoms with van der Waals surface area (Å²) < 4.78 is 5.11. The molecule has 13 rings (SSSR count). The summed E-state index contributed by atoms with van der Waals surface area (Å²) in [6, 6.07) is 91.4. The molecule has 0 unspecified atom stereocenters. The highest BCUT2D eigenvalue weighted by Crippen LogP contribution is 2.52. The third kappa shape index (κ3) is 6.91. The molecule has 0 spiro atoms. The van der Waals surface area contributed by atoms with Gasteiger partial charge in [0.1, 0.15) is 0 Å². The van der Waals surface area contributed by atoms with E-state index >= 15 is 0 Å². The smallest absolute Gasteiger partial charge is 0.0555 e. The highest BCUT2D eigenvalue weighted by molar-refractivity contribution is 7.26. The van der Waals surface area contributed by atoms with Crippen LogP contribution in [0.25, 0.3) is 107 Å². The van der Waals surface area contributed by atoms with E-state index in [0.717, 1.165) is 17.1 Å². The van der Waals surface area contributed by atoms with Crippen molar-refractivity contribution in [1.82, 2.24) is 0 Å². The molecule has 0 amide bonds. The van der Waals surface area contributed by atoms with Crippen LogP contribution in [0.5, 0.6) is 0 Å². The molecule has 0 aliphatic rings. The maximum atomic E-state index is 2.53. The minimum absolute atomic E-state index is 1.11. The molecule has 11 aromatic carbocycles. The van der Waals surface area contributed by atoms with E-state index in [0.29, 0.717) is 0 Å². The van der Waals surface area contributed by atoms with Gasteiger partial charge in [0.25, 0.3) is 0 Å². The summed E-state index contributed by atoms with van der Waals surface area (Å²) in [7, 11) is 0. The first-order valence-corrected chi connectivity index (χ1v) is 24.4. The van der Waals surface area contributed by atoms with Crippen molar-refractivity contribution in [2.75, 3.05) is 4.90 Å². The molecule has 0 saturated heterocycles. The Hall–Kier alpha value is -8.08. The van der Waals surface area contributed by atoms with Gasteiger partial charge in [-0.3, -0.25) is 0 Å². The van der Waals surface area contributed by atoms with Gasteiger partial charge in [0.05, 0.1) is 11.4 Å². The third-order valence-electron chi connectivity index (χ3n) is 13.3. The number of hydrogen-bond donors (Lipinski definition) is 0. The summed E-state index contributed by atoms with van der Waals surface area (Å²) in [5.74, 6) is 0. The van der Waals surface area contributed by atoms with Crippen LogP contribution in [0.15, 0.2) is 249 Å². The summed E-state index contributed by atoms with van der Waals surface area (Å²) in [6.45, 7) is 0. The van der Waals surface area contributed by atoms with Gasteiger partial charge >= 0.3 is 0 Å². The maximum Gasteiger partial charge on any atom is 0.0555 e. The number of hydrogen-bond acceptors (Lipinski definition) is 3. The average molecular weight is 888 g/mol. The lowest BCUT2D eigenvalue weighted by Crippen LogP contribution is -2.11. The molecule has 3 heteroatoms. The molecule has 314 valence electrons. The van der Waals surface area contributed by atoms with Crippen molar-refractivity contribution >= 4 is 90.9 Å². The third-order valence-corrected chi connectivity index (χ3v) is 15.6. The number of nitrogens with zero attached hydrogens (tertiary/aromatic N) is 1. The summed E-state index contributed by atoms with van der Waals surface area (Å²) in [6.07, 6.45) is 0. The first kappa shape index (κ1) is 39.3. The molecular formula is C64H41NS2. The lowest BCUT2D eigenvalue weighted by molar-refractivity contribution is 1.32. The van der Waals surface area contributed by atoms with Crippen molar-refractivity contribution in [2.24, 2.45) is 0 Å². The van der Waals surface area contributed by atoms with Gasteiger partial charge in [0.15, 0.2) is 0 Å². The van der Waals surface area contributed by atoms with Crippen molar-refractivity contribution in [3.8, 4) is 55.6 Å². The monoisotopic (exact) mass is 887 g/mol. The van der Waals surface area contributed by atoms with Gasteiger partial charge in [0.2, 0.25) is 0 Å². The fourth-order valence-electron chi connectivity index (χ4n) is 10.0. The minimum atomic E-state index is 1.11. The number of benzene rings is 11. The van der Waals surface area contributed by atoms with Crippen LogP contribution in [0.2, 0.25) is 0 Å². The largest absolute Gasteiger partial charge is 0.309 e. The SMILES string of the molecule is c1ccc(-c2ccc3c(c2)sc2cccc(N(c4ccc(-c5ccc(-c6cccc7ccccc67)cc5)cc4)c4ccc(-c5ccccc5)c5sc6cc(-c7ccccc7)ccc6c45)c23)cc1. The molecule has 0 bridgehead atoms. The second-order valence-corrected chi connectivity index (χ2v) is 19.3. The molecule has 2 aromatic heterocycles. The normalized spacial score (nSPS) is 11.6. The molecule has 0 saturated carbocycles. The molecule has 67 heavy (non-hydrogen) atoms. The van der Waals surface area contributed by atoms with Crippen molar-refractivity contribution < 1.29 is 0 Å². The van der Waals surface area contributed by atoms with Crippen LogP contribution in [0.4, 0.5) is 17.1 Å². The summed E-state index contributed by atoms with van der Waals surface area (Å²) >= 11 is 3.77. The molecule has 0 N–H and O–H groups in total. The first-order valence-electron chi connectivity index (χ1n) is 22.8. The Morgan fingerprint density at radius 2 is 0.761 bits per heavy atom. The maximum absolute atomic E-state index is 2.53. The van der Waals surface area contributed by atoms with Crippen molar-refractivity contribution in [2.45, 2.75) is 0 Å². The van der Waals surface area contributed by atoms with E-state index in [1.807, 2.05) is 22.7 Å². The number of rotatable bonds is 8. The highest BCUT2D eigenvalue weighted by atomic mass is 32.1. The molecule has 0 aliphatic carbocycles. The molecule has 0 atom stereocenters. The average Bonchev–Trinajstić information content (AvgIpc) is 3.98. The standard InChI is InChI=1S/C64H41NS2/c1-4-14-42(15-5-1)49-32-36-55-60(40-49)66-59-25-13-24-57(62(55)59)65(51-34-30-45(31-35-51)44-26-28-48(29-27-44)53-23-12-21-46-20-10-11-22-52(46)53)58-39-38-54(47-18-8-3-9-19-47)64-63(58)56-37-33-50(41-61(56)67-64)43-16-6-2-7-17-43/h1-41H. The van der Waals surface area contributed by atoms with Crippen LogP contribution in [0.1, 0.15) is 0 Å². The van der Waals surface area contributed by atoms with E-state index in [1.165, 1.54) is 107 Å². The Kier molecular flexibility index (Phi) is 9.63. The Bertz CT molecular complexity index is 3940. The fourth-order valence-corrected chi connectivity index (χ4v) is 12.5. The molecule has 0 radical (unpaired) electrons. The van der Waals surface area contributed by atoms with Gasteiger partial charge in [-0.2, -0.15) is 0 Å². The molecule has 2 heterocycles. The van der Waals surface area contributed by atoms with Gasteiger partial charge in [-0.15, -0.1) is 22.7 Å². The molecule has 13 aromatic rings. The van der Waals surface area contributed by atoms with E-state index < -0.39 is 0 Å². The van der Waals surface area contributed by atoms with Crippen LogP contribution in [0, 0.1) is 0 Å². The minimum Gasteiger partial charge on any atom is -0.309 e. The van der Waals surface area contributed by atoms with Crippen LogP contribution in [-0.4, -0.2) is 0 Å². The second kappa shape index (κ2) is 16.4. The summed E-state index contributed by atoms with van der Waals surface area (Å²) in [4.78, 5) is 2.53. The Morgan fingerprint density at radius 1 is 0.269 bits per heavy atom. The predicted octanol–water partition coefficient (Wildman–Crippen LogP) is 19.4. The molecule has 1 nitrogen and oxygen atoms in total. The quantitative estimate of drug-likeness (QED) is 0.147. The predicted molar refractivity (Wildman–Crippen MR) is 292 cm³/mol. The van der Waals surface area contributed by atoms with E-state index in [1.54, 1.807) is 0 Å². The topological polar surface area (TPSA) is 3.24 Å². The van der Waals surface area contributed by atoms with Gasteiger partial charge in [-0.05, 0) is 109 Å². The van der Waals surface area contributed by atoms with Gasteiger partial charge in [0, 0.05) is 46.0 Å². The van der Waals surface area contributed by atoms with Crippen LogP contribution in [0.3, 0.4) is 0 Å². The van der Waals surface area contributed by atoms with E-state index in [-0.39, 0.29) is 0 Å². The number of anilines is 3. The molecule has 0 fully saturated rings. The van der Waals surface area contributed by atoms with Crippen LogP contribution < -0.4 is 4.90 Å². The first-order chi connectivity index (χ1) is 33.2. The molecular weight excluding hydrogens is 847 g/mol. The summed E-state index contributed by atoms with van der Waals surface area (Å²) in [5, 5.41) is 7.58. The number of fused-ring (bicyclic) bond motifs is 7. The summed E-state index contributed by atoms with van der Waals surface area (Å²) in [5.41, 5.74) is 15.7. The van der Waals surface area contributed by atoms with Gasteiger partial charge in [-0.1, -0.05) is 206 Å². The zero-order valence-electron chi connectivity index (χ0n) is 36.4. The van der Waals surface area contributed by atoms with Crippen LogP contribution in [-0.2, 0) is 0 Å². The highest BCUT2D eigenvalue weighted by Gasteiger charge is 2.24. The lowest BCUT2D eigenvalue weighted by atomic mass is 9.96. The lowest BCUT2D eigenvalue weighted by Gasteiger charge is -2.28. The Labute approximate surface area is 397 Å². The van der Waals surface area contributed by atoms with Crippen molar-refractivity contribution in [3.63, 3.8) is 0 Å². The Balaban J connectivity index is 1.01. The zero-order valence-corrected chi connectivity index (χ0v) is 38.1. The number of thiophene rings is 2. The van der Waals surface area contributed by atoms with Gasteiger partial charge in [-0.25, -0.2) is 0 Å². The second-order valence-electron chi connectivity index (χ2n) is 17.2. The fraction of sp³-hybridized carbons (Fsp3) is 0. The van der Waals surface area contributed by atoms with E-state index in [4.69, 9.17) is 0 Å². The van der Waals surface area contributed by atoms with Crippen LogP contribution >= 0.6 is 22.7 Å². The van der Waals surface area contributed by atoms with Gasteiger partial charge < -0.3 is 4.90 Å². The van der Waals surface area contributed by atoms with E-state index in [9.17, 15) is 0 Å². The Morgan fingerprint density at radius 3 is 1.45 bits per heavy atom. The molecule has 0 aliphatic heterocycles. The van der Waals surface area contributed by atoms with E-state index in [2.05, 4.69) is 254 Å². The van der Waals surface area contributed by atoms with Crippen molar-refractivity contribution in [1.29, 1.82) is 0 Å². The van der Waals surface area contributed by atoms with Crippen molar-refractivity contribution in [3.05, 3.63) is 249 Å².